The van der Waals surface area contributed by atoms with Crippen LogP contribution in [0, 0.1) is 0 Å². The molecule has 0 spiro atoms. The fourth-order valence-corrected chi connectivity index (χ4v) is 3.05. The Balaban J connectivity index is 2.35. The van der Waals surface area contributed by atoms with E-state index in [1.807, 2.05) is 0 Å². The highest BCUT2D eigenvalue weighted by Crippen LogP contribution is 2.15. The predicted molar refractivity (Wildman–Crippen MR) is 81.7 cm³/mol. The highest BCUT2D eigenvalue weighted by Gasteiger charge is 2.27. The average Bonchev–Trinajstić information content (AvgIpc) is 2.86. The molecule has 2 atom stereocenters. The Morgan fingerprint density at radius 2 is 2.05 bits per heavy atom. The van der Waals surface area contributed by atoms with E-state index in [4.69, 9.17) is 4.74 Å². The van der Waals surface area contributed by atoms with E-state index in [-0.39, 0.29) is 0 Å². The minimum absolute atomic E-state index is 0.473. The van der Waals surface area contributed by atoms with Crippen molar-refractivity contribution < 1.29 is 4.74 Å². The summed E-state index contributed by atoms with van der Waals surface area (Å²) < 4.78 is 5.33. The number of likely N-dealkylation sites (N-methyl/N-ethyl adjacent to an activating group) is 1. The standard InChI is InChI=1S/C15H33N3O/c1-5-9-16-14(13-19-4)11-17-10-8-15(12-17)18(6-2)7-3/h14-16H,5-13H2,1-4H3. The van der Waals surface area contributed by atoms with Crippen molar-refractivity contribution in [3.05, 3.63) is 0 Å². The molecular weight excluding hydrogens is 238 g/mol. The summed E-state index contributed by atoms with van der Waals surface area (Å²) in [7, 11) is 1.79. The number of ether oxygens (including phenoxy) is 1. The van der Waals surface area contributed by atoms with Crippen LogP contribution in [-0.4, -0.2) is 74.9 Å². The first-order valence-electron chi connectivity index (χ1n) is 7.93. The Labute approximate surface area is 119 Å². The molecule has 0 bridgehead atoms. The Morgan fingerprint density at radius 1 is 1.32 bits per heavy atom. The normalized spacial score (nSPS) is 22.3. The van der Waals surface area contributed by atoms with Gasteiger partial charge in [-0.15, -0.1) is 0 Å². The number of likely N-dealkylation sites (tertiary alicyclic amines) is 1. The Bertz CT molecular complexity index is 221. The van der Waals surface area contributed by atoms with Gasteiger partial charge < -0.3 is 15.0 Å². The van der Waals surface area contributed by atoms with E-state index in [1.54, 1.807) is 7.11 Å². The lowest BCUT2D eigenvalue weighted by Crippen LogP contribution is -2.44. The zero-order valence-corrected chi connectivity index (χ0v) is 13.3. The van der Waals surface area contributed by atoms with E-state index < -0.39 is 0 Å². The number of methoxy groups -OCH3 is 1. The second-order valence-electron chi connectivity index (χ2n) is 5.53. The summed E-state index contributed by atoms with van der Waals surface area (Å²) in [5.41, 5.74) is 0. The minimum Gasteiger partial charge on any atom is -0.383 e. The average molecular weight is 271 g/mol. The Hall–Kier alpha value is -0.160. The van der Waals surface area contributed by atoms with E-state index >= 15 is 0 Å². The molecule has 19 heavy (non-hydrogen) atoms. The molecule has 4 heteroatoms. The van der Waals surface area contributed by atoms with Gasteiger partial charge in [0.2, 0.25) is 0 Å². The van der Waals surface area contributed by atoms with Gasteiger partial charge in [-0.3, -0.25) is 4.90 Å². The SMILES string of the molecule is CCCNC(COC)CN1CCC(N(CC)CC)C1. The lowest BCUT2D eigenvalue weighted by Gasteiger charge is -2.28. The summed E-state index contributed by atoms with van der Waals surface area (Å²) in [6.45, 7) is 14.5. The quantitative estimate of drug-likeness (QED) is 0.650. The van der Waals surface area contributed by atoms with Crippen LogP contribution in [0.2, 0.25) is 0 Å². The molecule has 114 valence electrons. The third-order valence-electron chi connectivity index (χ3n) is 4.11. The number of rotatable bonds is 10. The van der Waals surface area contributed by atoms with E-state index in [2.05, 4.69) is 35.9 Å². The van der Waals surface area contributed by atoms with E-state index in [0.717, 1.165) is 25.7 Å². The first kappa shape index (κ1) is 16.9. The molecule has 2 unspecified atom stereocenters. The number of nitrogens with zero attached hydrogens (tertiary/aromatic N) is 2. The maximum atomic E-state index is 5.33. The molecule has 1 saturated heterocycles. The lowest BCUT2D eigenvalue weighted by atomic mass is 10.2. The van der Waals surface area contributed by atoms with Gasteiger partial charge in [0.15, 0.2) is 0 Å². The first-order valence-corrected chi connectivity index (χ1v) is 7.93. The van der Waals surface area contributed by atoms with E-state index in [0.29, 0.717) is 6.04 Å². The monoisotopic (exact) mass is 271 g/mol. The van der Waals surface area contributed by atoms with Crippen molar-refractivity contribution in [2.45, 2.75) is 45.7 Å². The summed E-state index contributed by atoms with van der Waals surface area (Å²) in [5, 5.41) is 3.59. The van der Waals surface area contributed by atoms with Crippen molar-refractivity contribution in [2.75, 3.05) is 53.0 Å². The van der Waals surface area contributed by atoms with Crippen molar-refractivity contribution in [3.63, 3.8) is 0 Å². The number of hydrogen-bond donors (Lipinski definition) is 1. The number of hydrogen-bond acceptors (Lipinski definition) is 4. The molecule has 4 nitrogen and oxygen atoms in total. The van der Waals surface area contributed by atoms with Gasteiger partial charge in [0.25, 0.3) is 0 Å². The van der Waals surface area contributed by atoms with Crippen LogP contribution < -0.4 is 5.32 Å². The fraction of sp³-hybridized carbons (Fsp3) is 1.00. The van der Waals surface area contributed by atoms with Crippen molar-refractivity contribution in [3.8, 4) is 0 Å². The molecular formula is C15H33N3O. The molecule has 1 rings (SSSR count). The smallest absolute Gasteiger partial charge is 0.0628 e. The Morgan fingerprint density at radius 3 is 2.63 bits per heavy atom. The van der Waals surface area contributed by atoms with Crippen molar-refractivity contribution in [1.29, 1.82) is 0 Å². The zero-order valence-electron chi connectivity index (χ0n) is 13.3. The third kappa shape index (κ3) is 5.78. The molecule has 0 aromatic carbocycles. The Kier molecular flexibility index (Phi) is 8.62. The fourth-order valence-electron chi connectivity index (χ4n) is 3.05. The summed E-state index contributed by atoms with van der Waals surface area (Å²) in [6.07, 6.45) is 2.50. The van der Waals surface area contributed by atoms with Gasteiger partial charge in [0.05, 0.1) is 6.61 Å². The van der Waals surface area contributed by atoms with Crippen molar-refractivity contribution in [1.82, 2.24) is 15.1 Å². The number of nitrogens with one attached hydrogen (secondary N) is 1. The first-order chi connectivity index (χ1) is 9.24. The minimum atomic E-state index is 0.473. The molecule has 0 aliphatic carbocycles. The zero-order chi connectivity index (χ0) is 14.1. The highest BCUT2D eigenvalue weighted by molar-refractivity contribution is 4.85. The van der Waals surface area contributed by atoms with Gasteiger partial charge in [-0.05, 0) is 39.0 Å². The van der Waals surface area contributed by atoms with Crippen LogP contribution in [0.5, 0.6) is 0 Å². The molecule has 1 aliphatic heterocycles. The van der Waals surface area contributed by atoms with Crippen LogP contribution in [0.1, 0.15) is 33.6 Å². The molecule has 1 aliphatic rings. The summed E-state index contributed by atoms with van der Waals surface area (Å²) in [6, 6.07) is 1.23. The van der Waals surface area contributed by atoms with Gasteiger partial charge in [0.1, 0.15) is 0 Å². The maximum absolute atomic E-state index is 5.33. The van der Waals surface area contributed by atoms with Crippen molar-refractivity contribution in [2.24, 2.45) is 0 Å². The van der Waals surface area contributed by atoms with Crippen LogP contribution >= 0.6 is 0 Å². The molecule has 0 radical (unpaired) electrons. The van der Waals surface area contributed by atoms with Gasteiger partial charge in [-0.1, -0.05) is 20.8 Å². The van der Waals surface area contributed by atoms with Crippen LogP contribution in [0.3, 0.4) is 0 Å². The van der Waals surface area contributed by atoms with E-state index in [1.165, 1.54) is 39.0 Å². The van der Waals surface area contributed by atoms with Crippen LogP contribution in [-0.2, 0) is 4.74 Å². The third-order valence-corrected chi connectivity index (χ3v) is 4.11. The topological polar surface area (TPSA) is 27.7 Å². The van der Waals surface area contributed by atoms with Crippen LogP contribution in [0.25, 0.3) is 0 Å². The van der Waals surface area contributed by atoms with Crippen LogP contribution in [0.4, 0.5) is 0 Å². The summed E-state index contributed by atoms with van der Waals surface area (Å²) in [5.74, 6) is 0. The van der Waals surface area contributed by atoms with Gasteiger partial charge in [-0.25, -0.2) is 0 Å². The van der Waals surface area contributed by atoms with Gasteiger partial charge in [0, 0.05) is 32.3 Å². The molecule has 1 N–H and O–H groups in total. The predicted octanol–water partition coefficient (Wildman–Crippen LogP) is 1.42. The van der Waals surface area contributed by atoms with Gasteiger partial charge >= 0.3 is 0 Å². The van der Waals surface area contributed by atoms with Crippen molar-refractivity contribution >= 4 is 0 Å². The second-order valence-corrected chi connectivity index (χ2v) is 5.53. The largest absolute Gasteiger partial charge is 0.383 e. The van der Waals surface area contributed by atoms with Crippen LogP contribution in [0.15, 0.2) is 0 Å². The molecule has 1 heterocycles. The summed E-state index contributed by atoms with van der Waals surface area (Å²) in [4.78, 5) is 5.18. The lowest BCUT2D eigenvalue weighted by molar-refractivity contribution is 0.140. The molecule has 0 amide bonds. The summed E-state index contributed by atoms with van der Waals surface area (Å²) >= 11 is 0. The maximum Gasteiger partial charge on any atom is 0.0628 e. The highest BCUT2D eigenvalue weighted by atomic mass is 16.5. The van der Waals surface area contributed by atoms with E-state index in [9.17, 15) is 0 Å². The molecule has 0 aromatic heterocycles. The van der Waals surface area contributed by atoms with Gasteiger partial charge in [-0.2, -0.15) is 0 Å². The molecule has 0 saturated carbocycles. The molecule has 1 fully saturated rings. The molecule has 0 aromatic rings. The second kappa shape index (κ2) is 9.70.